The third kappa shape index (κ3) is 5.90. The van der Waals surface area contributed by atoms with Crippen LogP contribution in [0.4, 0.5) is 0 Å². The van der Waals surface area contributed by atoms with Crippen molar-refractivity contribution >= 4 is 11.8 Å². The Morgan fingerprint density at radius 1 is 1.13 bits per heavy atom. The molecular weight excluding hydrogens is 294 g/mol. The molecule has 0 aliphatic carbocycles. The molecule has 0 saturated carbocycles. The van der Waals surface area contributed by atoms with Gasteiger partial charge in [0.2, 0.25) is 5.91 Å². The lowest BCUT2D eigenvalue weighted by molar-refractivity contribution is -0.124. The highest BCUT2D eigenvalue weighted by Crippen LogP contribution is 2.13. The van der Waals surface area contributed by atoms with E-state index in [1.807, 2.05) is 27.7 Å². The fraction of sp³-hybridized carbons (Fsp3) is 0.529. The summed E-state index contributed by atoms with van der Waals surface area (Å²) >= 11 is 0. The Morgan fingerprint density at radius 2 is 1.74 bits per heavy atom. The summed E-state index contributed by atoms with van der Waals surface area (Å²) in [5.41, 5.74) is 6.00. The van der Waals surface area contributed by atoms with Crippen LogP contribution in [0.2, 0.25) is 0 Å². The number of hydrogen-bond donors (Lipinski definition) is 3. The summed E-state index contributed by atoms with van der Waals surface area (Å²) in [7, 11) is 0. The number of amides is 2. The predicted molar refractivity (Wildman–Crippen MR) is 90.4 cm³/mol. The van der Waals surface area contributed by atoms with Crippen molar-refractivity contribution < 1.29 is 14.3 Å². The topological polar surface area (TPSA) is 93.4 Å². The minimum absolute atomic E-state index is 0.0355. The van der Waals surface area contributed by atoms with E-state index in [0.717, 1.165) is 0 Å². The van der Waals surface area contributed by atoms with Gasteiger partial charge < -0.3 is 21.1 Å². The fourth-order valence-electron chi connectivity index (χ4n) is 2.02. The molecular formula is C17H27N3O3. The SMILES string of the molecule is CCOc1ccc(C(=O)NC(C(=O)N[C@@H](C)CN)C(C)C)cc1. The molecule has 0 radical (unpaired) electrons. The Kier molecular flexibility index (Phi) is 7.54. The molecule has 2 atom stereocenters. The third-order valence-corrected chi connectivity index (χ3v) is 3.41. The van der Waals surface area contributed by atoms with E-state index >= 15 is 0 Å². The number of ether oxygens (including phenoxy) is 1. The fourth-order valence-corrected chi connectivity index (χ4v) is 2.02. The standard InChI is InChI=1S/C17H27N3O3/c1-5-23-14-8-6-13(7-9-14)16(21)20-15(11(2)3)17(22)19-12(4)10-18/h6-9,11-12,15H,5,10,18H2,1-4H3,(H,19,22)(H,20,21)/t12-,15?/m0/s1. The molecule has 0 fully saturated rings. The minimum Gasteiger partial charge on any atom is -0.494 e. The van der Waals surface area contributed by atoms with Crippen molar-refractivity contribution in [3.8, 4) is 5.75 Å². The second kappa shape index (κ2) is 9.15. The first-order valence-corrected chi connectivity index (χ1v) is 7.93. The molecule has 4 N–H and O–H groups in total. The van der Waals surface area contributed by atoms with E-state index in [4.69, 9.17) is 10.5 Å². The third-order valence-electron chi connectivity index (χ3n) is 3.41. The van der Waals surface area contributed by atoms with E-state index in [9.17, 15) is 9.59 Å². The maximum atomic E-state index is 12.3. The van der Waals surface area contributed by atoms with Gasteiger partial charge in [-0.25, -0.2) is 0 Å². The summed E-state index contributed by atoms with van der Waals surface area (Å²) in [6.45, 7) is 8.41. The Morgan fingerprint density at radius 3 is 2.22 bits per heavy atom. The molecule has 0 spiro atoms. The molecule has 1 unspecified atom stereocenters. The number of carbonyl (C=O) groups excluding carboxylic acids is 2. The van der Waals surface area contributed by atoms with Gasteiger partial charge in [-0.05, 0) is 44.0 Å². The van der Waals surface area contributed by atoms with Gasteiger partial charge in [-0.1, -0.05) is 13.8 Å². The van der Waals surface area contributed by atoms with Gasteiger partial charge in [0, 0.05) is 18.2 Å². The van der Waals surface area contributed by atoms with E-state index in [-0.39, 0.29) is 23.8 Å². The average Bonchev–Trinajstić information content (AvgIpc) is 2.52. The molecule has 0 aromatic heterocycles. The smallest absolute Gasteiger partial charge is 0.251 e. The van der Waals surface area contributed by atoms with Crippen molar-refractivity contribution in [2.45, 2.75) is 39.8 Å². The summed E-state index contributed by atoms with van der Waals surface area (Å²) < 4.78 is 5.35. The van der Waals surface area contributed by atoms with Gasteiger partial charge in [0.25, 0.3) is 5.91 Å². The van der Waals surface area contributed by atoms with Crippen molar-refractivity contribution in [2.75, 3.05) is 13.2 Å². The molecule has 1 rings (SSSR count). The number of carbonyl (C=O) groups is 2. The van der Waals surface area contributed by atoms with Crippen molar-refractivity contribution in [2.24, 2.45) is 11.7 Å². The van der Waals surface area contributed by atoms with E-state index in [1.54, 1.807) is 24.3 Å². The van der Waals surface area contributed by atoms with Crippen molar-refractivity contribution in [3.05, 3.63) is 29.8 Å². The van der Waals surface area contributed by atoms with Crippen LogP contribution in [-0.2, 0) is 4.79 Å². The Bertz CT molecular complexity index is 514. The molecule has 0 heterocycles. The first kappa shape index (κ1) is 19.0. The summed E-state index contributed by atoms with van der Waals surface area (Å²) in [6, 6.07) is 6.09. The summed E-state index contributed by atoms with van der Waals surface area (Å²) in [5.74, 6) is 0.158. The molecule has 2 amide bonds. The molecule has 0 bridgehead atoms. The number of benzene rings is 1. The zero-order chi connectivity index (χ0) is 17.4. The number of rotatable bonds is 8. The van der Waals surface area contributed by atoms with Crippen LogP contribution in [0.15, 0.2) is 24.3 Å². The van der Waals surface area contributed by atoms with Gasteiger partial charge in [0.15, 0.2) is 0 Å². The number of nitrogens with two attached hydrogens (primary N) is 1. The van der Waals surface area contributed by atoms with Gasteiger partial charge >= 0.3 is 0 Å². The zero-order valence-corrected chi connectivity index (χ0v) is 14.3. The highest BCUT2D eigenvalue weighted by Gasteiger charge is 2.25. The van der Waals surface area contributed by atoms with Crippen LogP contribution in [0.25, 0.3) is 0 Å². The molecule has 23 heavy (non-hydrogen) atoms. The van der Waals surface area contributed by atoms with E-state index in [0.29, 0.717) is 24.5 Å². The van der Waals surface area contributed by atoms with Crippen LogP contribution in [0.5, 0.6) is 5.75 Å². The molecule has 0 aliphatic rings. The Hall–Kier alpha value is -2.08. The van der Waals surface area contributed by atoms with Gasteiger partial charge in [-0.2, -0.15) is 0 Å². The molecule has 6 nitrogen and oxygen atoms in total. The summed E-state index contributed by atoms with van der Waals surface area (Å²) in [6.07, 6.45) is 0. The van der Waals surface area contributed by atoms with Crippen LogP contribution in [0.3, 0.4) is 0 Å². The predicted octanol–water partition coefficient (Wildman–Crippen LogP) is 1.30. The van der Waals surface area contributed by atoms with Gasteiger partial charge in [0.05, 0.1) is 6.61 Å². The molecule has 6 heteroatoms. The van der Waals surface area contributed by atoms with Crippen LogP contribution in [0, 0.1) is 5.92 Å². The lowest BCUT2D eigenvalue weighted by Gasteiger charge is -2.23. The van der Waals surface area contributed by atoms with Crippen molar-refractivity contribution in [1.29, 1.82) is 0 Å². The first-order valence-electron chi connectivity index (χ1n) is 7.93. The summed E-state index contributed by atoms with van der Waals surface area (Å²) in [4.78, 5) is 24.6. The normalized spacial score (nSPS) is 13.3. The quantitative estimate of drug-likeness (QED) is 0.673. The highest BCUT2D eigenvalue weighted by molar-refractivity contribution is 5.97. The lowest BCUT2D eigenvalue weighted by Crippen LogP contribution is -2.52. The average molecular weight is 321 g/mol. The highest BCUT2D eigenvalue weighted by atomic mass is 16.5. The van der Waals surface area contributed by atoms with Gasteiger partial charge in [0.1, 0.15) is 11.8 Å². The van der Waals surface area contributed by atoms with E-state index < -0.39 is 6.04 Å². The largest absolute Gasteiger partial charge is 0.494 e. The van der Waals surface area contributed by atoms with Gasteiger partial charge in [-0.15, -0.1) is 0 Å². The van der Waals surface area contributed by atoms with Crippen LogP contribution in [0.1, 0.15) is 38.1 Å². The molecule has 1 aromatic rings. The lowest BCUT2D eigenvalue weighted by atomic mass is 10.0. The minimum atomic E-state index is -0.608. The van der Waals surface area contributed by atoms with Crippen LogP contribution in [-0.4, -0.2) is 37.0 Å². The van der Waals surface area contributed by atoms with Crippen molar-refractivity contribution in [3.63, 3.8) is 0 Å². The second-order valence-corrected chi connectivity index (χ2v) is 5.80. The maximum Gasteiger partial charge on any atom is 0.251 e. The zero-order valence-electron chi connectivity index (χ0n) is 14.3. The number of hydrogen-bond acceptors (Lipinski definition) is 4. The maximum absolute atomic E-state index is 12.3. The molecule has 1 aromatic carbocycles. The van der Waals surface area contributed by atoms with Gasteiger partial charge in [-0.3, -0.25) is 9.59 Å². The monoisotopic (exact) mass is 321 g/mol. The molecule has 128 valence electrons. The van der Waals surface area contributed by atoms with E-state index in [1.165, 1.54) is 0 Å². The summed E-state index contributed by atoms with van der Waals surface area (Å²) in [5, 5.41) is 5.58. The first-order chi connectivity index (χ1) is 10.9. The molecule has 0 saturated heterocycles. The van der Waals surface area contributed by atoms with Crippen LogP contribution >= 0.6 is 0 Å². The Balaban J connectivity index is 2.75. The second-order valence-electron chi connectivity index (χ2n) is 5.80. The Labute approximate surface area is 137 Å². The molecule has 0 aliphatic heterocycles. The van der Waals surface area contributed by atoms with Crippen molar-refractivity contribution in [1.82, 2.24) is 10.6 Å². The van der Waals surface area contributed by atoms with Crippen LogP contribution < -0.4 is 21.1 Å². The van der Waals surface area contributed by atoms with E-state index in [2.05, 4.69) is 10.6 Å². The number of nitrogens with one attached hydrogen (secondary N) is 2.